The van der Waals surface area contributed by atoms with E-state index < -0.39 is 11.9 Å². The minimum Gasteiger partial charge on any atom is -0.481 e. The van der Waals surface area contributed by atoms with Crippen LogP contribution in [0.5, 0.6) is 0 Å². The second kappa shape index (κ2) is 8.31. The molecule has 0 fully saturated rings. The topological polar surface area (TPSA) is 66.4 Å². The number of carbonyl (C=O) groups excluding carboxylic acids is 1. The first-order valence-electron chi connectivity index (χ1n) is 7.39. The summed E-state index contributed by atoms with van der Waals surface area (Å²) in [4.78, 5) is 23.7. The van der Waals surface area contributed by atoms with Gasteiger partial charge in [0.2, 0.25) is 5.91 Å². The smallest absolute Gasteiger partial charge is 0.304 e. The molecule has 0 saturated heterocycles. The lowest BCUT2D eigenvalue weighted by Gasteiger charge is -2.17. The summed E-state index contributed by atoms with van der Waals surface area (Å²) in [6.07, 6.45) is 0.118. The summed E-state index contributed by atoms with van der Waals surface area (Å²) in [5.41, 5.74) is 2.26. The third-order valence-electron chi connectivity index (χ3n) is 3.71. The van der Waals surface area contributed by atoms with Crippen LogP contribution < -0.4 is 5.32 Å². The molecule has 1 amide bonds. The number of carbonyl (C=O) groups is 2. The Hall–Kier alpha value is -1.85. The van der Waals surface area contributed by atoms with Gasteiger partial charge in [0, 0.05) is 15.2 Å². The number of benzene rings is 2. The van der Waals surface area contributed by atoms with Crippen molar-refractivity contribution in [1.29, 1.82) is 0 Å². The van der Waals surface area contributed by atoms with Gasteiger partial charge in [0.05, 0.1) is 12.3 Å². The number of nitrogens with one attached hydrogen (secondary N) is 1. The molecular weight excluding hydrogens is 394 g/mol. The molecule has 2 N–H and O–H groups in total. The van der Waals surface area contributed by atoms with E-state index in [2.05, 4.69) is 21.2 Å². The molecule has 4 nitrogen and oxygen atoms in total. The maximum atomic E-state index is 12.6. The summed E-state index contributed by atoms with van der Waals surface area (Å²) >= 11 is 9.41. The van der Waals surface area contributed by atoms with E-state index in [1.54, 1.807) is 25.1 Å². The van der Waals surface area contributed by atoms with Gasteiger partial charge in [-0.1, -0.05) is 45.7 Å². The standard InChI is InChI=1S/C18H17BrClNO3/c1-11-15(20)3-2-4-16(11)21-18(24)13(10-17(22)23)9-12-5-7-14(19)8-6-12/h2-8,13H,9-10H2,1H3,(H,21,24)(H,22,23)/t13-/m1/s1. The van der Waals surface area contributed by atoms with Crippen molar-refractivity contribution in [3.05, 3.63) is 63.1 Å². The summed E-state index contributed by atoms with van der Waals surface area (Å²) in [6.45, 7) is 1.80. The molecule has 0 spiro atoms. The average molecular weight is 411 g/mol. The lowest BCUT2D eigenvalue weighted by Crippen LogP contribution is -2.27. The van der Waals surface area contributed by atoms with Gasteiger partial charge in [-0.2, -0.15) is 0 Å². The predicted octanol–water partition coefficient (Wildman–Crippen LogP) is 4.68. The van der Waals surface area contributed by atoms with Gasteiger partial charge < -0.3 is 10.4 Å². The molecule has 0 saturated carbocycles. The first-order valence-corrected chi connectivity index (χ1v) is 8.56. The zero-order valence-electron chi connectivity index (χ0n) is 13.1. The van der Waals surface area contributed by atoms with Crippen molar-refractivity contribution < 1.29 is 14.7 Å². The Balaban J connectivity index is 2.17. The Kier molecular flexibility index (Phi) is 6.40. The molecule has 0 heterocycles. The first-order chi connectivity index (χ1) is 11.4. The number of rotatable bonds is 6. The zero-order valence-corrected chi connectivity index (χ0v) is 15.4. The highest BCUT2D eigenvalue weighted by Gasteiger charge is 2.23. The Labute approximate surface area is 154 Å². The van der Waals surface area contributed by atoms with Crippen LogP contribution >= 0.6 is 27.5 Å². The first kappa shape index (κ1) is 18.5. The monoisotopic (exact) mass is 409 g/mol. The molecule has 126 valence electrons. The van der Waals surface area contributed by atoms with E-state index in [4.69, 9.17) is 16.7 Å². The number of carboxylic acids is 1. The van der Waals surface area contributed by atoms with E-state index in [1.165, 1.54) is 0 Å². The summed E-state index contributed by atoms with van der Waals surface area (Å²) in [7, 11) is 0. The highest BCUT2D eigenvalue weighted by molar-refractivity contribution is 9.10. The van der Waals surface area contributed by atoms with Crippen LogP contribution in [0.15, 0.2) is 46.9 Å². The highest BCUT2D eigenvalue weighted by Crippen LogP contribution is 2.24. The van der Waals surface area contributed by atoms with Crippen molar-refractivity contribution in [3.8, 4) is 0 Å². The van der Waals surface area contributed by atoms with Crippen LogP contribution in [-0.2, 0) is 16.0 Å². The Bertz CT molecular complexity index is 746. The van der Waals surface area contributed by atoms with Crippen molar-refractivity contribution in [1.82, 2.24) is 0 Å². The zero-order chi connectivity index (χ0) is 17.7. The molecular formula is C18H17BrClNO3. The average Bonchev–Trinajstić information content (AvgIpc) is 2.53. The second-order valence-corrected chi connectivity index (χ2v) is 6.85. The molecule has 0 aliphatic rings. The fourth-order valence-corrected chi connectivity index (χ4v) is 2.79. The van der Waals surface area contributed by atoms with Crippen LogP contribution in [0.3, 0.4) is 0 Å². The van der Waals surface area contributed by atoms with Crippen LogP contribution in [0.4, 0.5) is 5.69 Å². The lowest BCUT2D eigenvalue weighted by atomic mass is 9.95. The van der Waals surface area contributed by atoms with Gasteiger partial charge in [-0.3, -0.25) is 9.59 Å². The third kappa shape index (κ3) is 5.08. The van der Waals surface area contributed by atoms with Gasteiger partial charge >= 0.3 is 5.97 Å². The minimum absolute atomic E-state index is 0.235. The van der Waals surface area contributed by atoms with Gasteiger partial charge in [-0.15, -0.1) is 0 Å². The van der Waals surface area contributed by atoms with E-state index in [0.29, 0.717) is 17.1 Å². The number of amides is 1. The molecule has 0 aromatic heterocycles. The van der Waals surface area contributed by atoms with Crippen molar-refractivity contribution >= 4 is 45.1 Å². The summed E-state index contributed by atoms with van der Waals surface area (Å²) < 4.78 is 0.931. The summed E-state index contributed by atoms with van der Waals surface area (Å²) in [6, 6.07) is 12.7. The van der Waals surface area contributed by atoms with Crippen LogP contribution in [0.2, 0.25) is 5.02 Å². The van der Waals surface area contributed by atoms with Gasteiger partial charge in [-0.25, -0.2) is 0 Å². The van der Waals surface area contributed by atoms with E-state index in [9.17, 15) is 9.59 Å². The Morgan fingerprint density at radius 2 is 1.88 bits per heavy atom. The largest absolute Gasteiger partial charge is 0.481 e. The predicted molar refractivity (Wildman–Crippen MR) is 98.4 cm³/mol. The van der Waals surface area contributed by atoms with E-state index in [1.807, 2.05) is 24.3 Å². The maximum absolute atomic E-state index is 12.6. The van der Waals surface area contributed by atoms with Gasteiger partial charge in [0.15, 0.2) is 0 Å². The molecule has 2 aromatic rings. The fourth-order valence-electron chi connectivity index (χ4n) is 2.35. The molecule has 0 bridgehead atoms. The number of aliphatic carboxylic acids is 1. The van der Waals surface area contributed by atoms with Crippen molar-refractivity contribution in [2.75, 3.05) is 5.32 Å². The van der Waals surface area contributed by atoms with E-state index >= 15 is 0 Å². The Morgan fingerprint density at radius 1 is 1.21 bits per heavy atom. The SMILES string of the molecule is Cc1c(Cl)cccc1NC(=O)[C@@H](CC(=O)O)Cc1ccc(Br)cc1. The van der Waals surface area contributed by atoms with Crippen molar-refractivity contribution in [3.63, 3.8) is 0 Å². The van der Waals surface area contributed by atoms with Crippen molar-refractivity contribution in [2.45, 2.75) is 19.8 Å². The quantitative estimate of drug-likeness (QED) is 0.726. The van der Waals surface area contributed by atoms with Crippen molar-refractivity contribution in [2.24, 2.45) is 5.92 Å². The molecule has 0 aliphatic carbocycles. The van der Waals surface area contributed by atoms with Gasteiger partial charge in [-0.05, 0) is 48.7 Å². The number of halogens is 2. The number of anilines is 1. The summed E-state index contributed by atoms with van der Waals surface area (Å²) in [5.74, 6) is -2.00. The number of carboxylic acid groups (broad SMARTS) is 1. The van der Waals surface area contributed by atoms with Crippen LogP contribution in [0, 0.1) is 12.8 Å². The van der Waals surface area contributed by atoms with Gasteiger partial charge in [0.1, 0.15) is 0 Å². The number of hydrogen-bond donors (Lipinski definition) is 2. The Morgan fingerprint density at radius 3 is 2.50 bits per heavy atom. The minimum atomic E-state index is -1.00. The molecule has 0 unspecified atom stereocenters. The molecule has 0 radical (unpaired) electrons. The lowest BCUT2D eigenvalue weighted by molar-refractivity contribution is -0.140. The maximum Gasteiger partial charge on any atom is 0.304 e. The molecule has 0 aliphatic heterocycles. The van der Waals surface area contributed by atoms with E-state index in [0.717, 1.165) is 15.6 Å². The third-order valence-corrected chi connectivity index (χ3v) is 4.65. The normalized spacial score (nSPS) is 11.8. The molecule has 24 heavy (non-hydrogen) atoms. The second-order valence-electron chi connectivity index (χ2n) is 5.53. The van der Waals surface area contributed by atoms with Crippen LogP contribution in [0.25, 0.3) is 0 Å². The van der Waals surface area contributed by atoms with E-state index in [-0.39, 0.29) is 12.3 Å². The molecule has 2 aromatic carbocycles. The van der Waals surface area contributed by atoms with Crippen LogP contribution in [-0.4, -0.2) is 17.0 Å². The highest BCUT2D eigenvalue weighted by atomic mass is 79.9. The summed E-state index contributed by atoms with van der Waals surface area (Å²) in [5, 5.41) is 12.5. The van der Waals surface area contributed by atoms with Crippen LogP contribution in [0.1, 0.15) is 17.5 Å². The fraction of sp³-hybridized carbons (Fsp3) is 0.222. The molecule has 1 atom stereocenters. The molecule has 2 rings (SSSR count). The molecule has 6 heteroatoms. The van der Waals surface area contributed by atoms with Gasteiger partial charge in [0.25, 0.3) is 0 Å². The number of hydrogen-bond acceptors (Lipinski definition) is 2.